The van der Waals surface area contributed by atoms with Crippen LogP contribution in [-0.4, -0.2) is 37.3 Å². The SMILES string of the molecule is C=C(C)C[C@@H](c1ccc(SC)cc1)N1CCNCC1. The van der Waals surface area contributed by atoms with Crippen molar-refractivity contribution in [1.29, 1.82) is 0 Å². The van der Waals surface area contributed by atoms with Crippen LogP contribution in [-0.2, 0) is 0 Å². The van der Waals surface area contributed by atoms with E-state index in [2.05, 4.69) is 54.2 Å². The highest BCUT2D eigenvalue weighted by molar-refractivity contribution is 7.98. The van der Waals surface area contributed by atoms with E-state index in [0.717, 1.165) is 32.6 Å². The average molecular weight is 276 g/mol. The Balaban J connectivity index is 2.17. The summed E-state index contributed by atoms with van der Waals surface area (Å²) in [6.07, 6.45) is 3.18. The molecule has 1 heterocycles. The molecule has 1 saturated heterocycles. The Morgan fingerprint density at radius 3 is 2.47 bits per heavy atom. The third-order valence-electron chi connectivity index (χ3n) is 3.63. The van der Waals surface area contributed by atoms with Gasteiger partial charge in [0, 0.05) is 37.1 Å². The molecule has 1 aromatic rings. The van der Waals surface area contributed by atoms with Crippen LogP contribution < -0.4 is 5.32 Å². The predicted molar refractivity (Wildman–Crippen MR) is 84.8 cm³/mol. The molecule has 1 aliphatic rings. The van der Waals surface area contributed by atoms with Crippen molar-refractivity contribution in [2.75, 3.05) is 32.4 Å². The number of nitrogens with one attached hydrogen (secondary N) is 1. The first kappa shape index (κ1) is 14.6. The standard InChI is InChI=1S/C16H24N2S/c1-13(2)12-16(18-10-8-17-9-11-18)14-4-6-15(19-3)7-5-14/h4-7,16-17H,1,8-12H2,2-3H3/t16-/m0/s1. The van der Waals surface area contributed by atoms with Crippen LogP contribution in [0.1, 0.15) is 24.9 Å². The van der Waals surface area contributed by atoms with Crippen LogP contribution >= 0.6 is 11.8 Å². The molecule has 0 radical (unpaired) electrons. The van der Waals surface area contributed by atoms with E-state index in [9.17, 15) is 0 Å². The van der Waals surface area contributed by atoms with Gasteiger partial charge in [-0.1, -0.05) is 17.7 Å². The molecule has 0 saturated carbocycles. The summed E-state index contributed by atoms with van der Waals surface area (Å²) >= 11 is 1.80. The Bertz CT molecular complexity index is 407. The van der Waals surface area contributed by atoms with E-state index in [0.29, 0.717) is 6.04 Å². The number of rotatable bonds is 5. The summed E-state index contributed by atoms with van der Waals surface area (Å²) in [4.78, 5) is 3.91. The lowest BCUT2D eigenvalue weighted by Crippen LogP contribution is -2.45. The summed E-state index contributed by atoms with van der Waals surface area (Å²) in [5, 5.41) is 3.43. The highest BCUT2D eigenvalue weighted by atomic mass is 32.2. The zero-order chi connectivity index (χ0) is 13.7. The van der Waals surface area contributed by atoms with Crippen LogP contribution in [0.25, 0.3) is 0 Å². The second-order valence-corrected chi connectivity index (χ2v) is 6.12. The van der Waals surface area contributed by atoms with Crippen molar-refractivity contribution in [2.24, 2.45) is 0 Å². The van der Waals surface area contributed by atoms with Crippen LogP contribution in [0.5, 0.6) is 0 Å². The minimum absolute atomic E-state index is 0.482. The molecule has 0 amide bonds. The van der Waals surface area contributed by atoms with Gasteiger partial charge in [0.2, 0.25) is 0 Å². The fraction of sp³-hybridized carbons (Fsp3) is 0.500. The lowest BCUT2D eigenvalue weighted by Gasteiger charge is -2.35. The third kappa shape index (κ3) is 4.10. The van der Waals surface area contributed by atoms with Crippen LogP contribution in [0.2, 0.25) is 0 Å². The second-order valence-electron chi connectivity index (χ2n) is 5.24. The molecule has 1 N–H and O–H groups in total. The molecule has 2 rings (SSSR count). The smallest absolute Gasteiger partial charge is 0.0386 e. The summed E-state index contributed by atoms with van der Waals surface area (Å²) in [5.41, 5.74) is 2.68. The van der Waals surface area contributed by atoms with Gasteiger partial charge < -0.3 is 5.32 Å². The second kappa shape index (κ2) is 7.13. The fourth-order valence-electron chi connectivity index (χ4n) is 2.61. The summed E-state index contributed by atoms with van der Waals surface area (Å²) in [5.74, 6) is 0. The van der Waals surface area contributed by atoms with Gasteiger partial charge in [-0.2, -0.15) is 0 Å². The maximum Gasteiger partial charge on any atom is 0.0386 e. The van der Waals surface area contributed by atoms with E-state index >= 15 is 0 Å². The largest absolute Gasteiger partial charge is 0.314 e. The molecule has 1 aliphatic heterocycles. The molecule has 2 nitrogen and oxygen atoms in total. The molecular weight excluding hydrogens is 252 g/mol. The highest BCUT2D eigenvalue weighted by Crippen LogP contribution is 2.28. The lowest BCUT2D eigenvalue weighted by molar-refractivity contribution is 0.172. The Labute approximate surface area is 121 Å². The number of nitrogens with zero attached hydrogens (tertiary/aromatic N) is 1. The van der Waals surface area contributed by atoms with Gasteiger partial charge in [0.25, 0.3) is 0 Å². The first-order valence-corrected chi connectivity index (χ1v) is 8.16. The highest BCUT2D eigenvalue weighted by Gasteiger charge is 2.21. The number of piperazine rings is 1. The summed E-state index contributed by atoms with van der Waals surface area (Å²) in [7, 11) is 0. The maximum absolute atomic E-state index is 4.10. The number of thioether (sulfide) groups is 1. The maximum atomic E-state index is 4.10. The van der Waals surface area contributed by atoms with Crippen LogP contribution in [0.3, 0.4) is 0 Å². The van der Waals surface area contributed by atoms with Gasteiger partial charge in [-0.15, -0.1) is 18.3 Å². The van der Waals surface area contributed by atoms with E-state index in [1.165, 1.54) is 16.0 Å². The zero-order valence-electron chi connectivity index (χ0n) is 12.0. The van der Waals surface area contributed by atoms with Gasteiger partial charge in [-0.05, 0) is 37.3 Å². The van der Waals surface area contributed by atoms with E-state index in [1.54, 1.807) is 11.8 Å². The van der Waals surface area contributed by atoms with Gasteiger partial charge in [0.15, 0.2) is 0 Å². The van der Waals surface area contributed by atoms with Crippen molar-refractivity contribution in [2.45, 2.75) is 24.3 Å². The van der Waals surface area contributed by atoms with Gasteiger partial charge in [0.1, 0.15) is 0 Å². The number of benzene rings is 1. The van der Waals surface area contributed by atoms with Crippen molar-refractivity contribution in [3.63, 3.8) is 0 Å². The third-order valence-corrected chi connectivity index (χ3v) is 4.38. The number of hydrogen-bond acceptors (Lipinski definition) is 3. The van der Waals surface area contributed by atoms with E-state index in [-0.39, 0.29) is 0 Å². The van der Waals surface area contributed by atoms with E-state index in [4.69, 9.17) is 0 Å². The quantitative estimate of drug-likeness (QED) is 0.656. The molecule has 104 valence electrons. The van der Waals surface area contributed by atoms with Crippen molar-refractivity contribution in [3.05, 3.63) is 42.0 Å². The lowest BCUT2D eigenvalue weighted by atomic mass is 9.98. The normalized spacial score (nSPS) is 18.2. The fourth-order valence-corrected chi connectivity index (χ4v) is 3.02. The van der Waals surface area contributed by atoms with E-state index in [1.807, 2.05) is 0 Å². The Morgan fingerprint density at radius 2 is 1.95 bits per heavy atom. The summed E-state index contributed by atoms with van der Waals surface area (Å²) in [6.45, 7) is 10.7. The first-order valence-electron chi connectivity index (χ1n) is 6.94. The van der Waals surface area contributed by atoms with Gasteiger partial charge in [-0.25, -0.2) is 0 Å². The van der Waals surface area contributed by atoms with Crippen molar-refractivity contribution >= 4 is 11.8 Å². The van der Waals surface area contributed by atoms with Gasteiger partial charge in [0.05, 0.1) is 0 Å². The molecule has 1 fully saturated rings. The number of hydrogen-bond donors (Lipinski definition) is 1. The Hall–Kier alpha value is -0.770. The topological polar surface area (TPSA) is 15.3 Å². The predicted octanol–water partition coefficient (Wildman–Crippen LogP) is 3.32. The minimum Gasteiger partial charge on any atom is -0.314 e. The average Bonchev–Trinajstić information content (AvgIpc) is 2.46. The first-order chi connectivity index (χ1) is 9.20. The molecule has 3 heteroatoms. The van der Waals surface area contributed by atoms with Crippen LogP contribution in [0.4, 0.5) is 0 Å². The molecule has 1 aromatic carbocycles. The Morgan fingerprint density at radius 1 is 1.32 bits per heavy atom. The van der Waals surface area contributed by atoms with Crippen molar-refractivity contribution in [1.82, 2.24) is 10.2 Å². The van der Waals surface area contributed by atoms with Crippen molar-refractivity contribution < 1.29 is 0 Å². The molecule has 0 aliphatic carbocycles. The summed E-state index contributed by atoms with van der Waals surface area (Å²) in [6, 6.07) is 9.50. The molecule has 0 spiro atoms. The minimum atomic E-state index is 0.482. The summed E-state index contributed by atoms with van der Waals surface area (Å²) < 4.78 is 0. The van der Waals surface area contributed by atoms with Crippen LogP contribution in [0, 0.1) is 0 Å². The van der Waals surface area contributed by atoms with Gasteiger partial charge >= 0.3 is 0 Å². The monoisotopic (exact) mass is 276 g/mol. The molecule has 19 heavy (non-hydrogen) atoms. The Kier molecular flexibility index (Phi) is 5.49. The molecule has 0 aromatic heterocycles. The molecule has 0 bridgehead atoms. The molecule has 0 unspecified atom stereocenters. The van der Waals surface area contributed by atoms with E-state index < -0.39 is 0 Å². The molecular formula is C16H24N2S. The van der Waals surface area contributed by atoms with Crippen molar-refractivity contribution in [3.8, 4) is 0 Å². The van der Waals surface area contributed by atoms with Gasteiger partial charge in [-0.3, -0.25) is 4.90 Å². The zero-order valence-corrected chi connectivity index (χ0v) is 12.8. The molecule has 1 atom stereocenters. The van der Waals surface area contributed by atoms with Crippen LogP contribution in [0.15, 0.2) is 41.3 Å².